The highest BCUT2D eigenvalue weighted by Gasteiger charge is 2.28. The smallest absolute Gasteiger partial charge is 0.264 e. The lowest BCUT2D eigenvalue weighted by atomic mass is 10.0. The average molecular weight is 201 g/mol. The maximum absolute atomic E-state index is 13.2. The normalized spacial score (nSPS) is 20.2. The molecule has 1 unspecified atom stereocenters. The molecule has 0 aliphatic heterocycles. The number of fused-ring (bicyclic) bond motifs is 1. The zero-order chi connectivity index (χ0) is 10.3. The van der Waals surface area contributed by atoms with Crippen molar-refractivity contribution in [3.63, 3.8) is 0 Å². The highest BCUT2D eigenvalue weighted by atomic mass is 19.3. The summed E-state index contributed by atoms with van der Waals surface area (Å²) in [6, 6.07) is 1.78. The number of benzene rings is 1. The summed E-state index contributed by atoms with van der Waals surface area (Å²) in [7, 11) is 0. The van der Waals surface area contributed by atoms with Crippen molar-refractivity contribution in [3.8, 4) is 0 Å². The van der Waals surface area contributed by atoms with Crippen molar-refractivity contribution in [1.82, 2.24) is 0 Å². The molecule has 1 aromatic rings. The third kappa shape index (κ3) is 1.30. The monoisotopic (exact) mass is 201 g/mol. The van der Waals surface area contributed by atoms with Crippen LogP contribution in [0, 0.1) is 5.82 Å². The molecule has 1 aliphatic carbocycles. The Morgan fingerprint density at radius 1 is 1.36 bits per heavy atom. The average Bonchev–Trinajstić information content (AvgIpc) is 2.50. The predicted octanol–water partition coefficient (Wildman–Crippen LogP) is 2.71. The number of nitrogens with two attached hydrogens (primary N) is 1. The molecular weight excluding hydrogens is 191 g/mol. The van der Waals surface area contributed by atoms with Crippen LogP contribution >= 0.6 is 0 Å². The van der Waals surface area contributed by atoms with Crippen LogP contribution in [-0.2, 0) is 6.42 Å². The topological polar surface area (TPSA) is 26.0 Å². The summed E-state index contributed by atoms with van der Waals surface area (Å²) in [5, 5.41) is 0. The van der Waals surface area contributed by atoms with Crippen molar-refractivity contribution in [3.05, 3.63) is 34.6 Å². The van der Waals surface area contributed by atoms with E-state index in [0.717, 1.165) is 12.1 Å². The maximum atomic E-state index is 13.2. The van der Waals surface area contributed by atoms with Gasteiger partial charge in [0.25, 0.3) is 6.43 Å². The maximum Gasteiger partial charge on any atom is 0.264 e. The summed E-state index contributed by atoms with van der Waals surface area (Å²) in [5.41, 5.74) is 6.22. The minimum atomic E-state index is -2.58. The highest BCUT2D eigenvalue weighted by Crippen LogP contribution is 2.37. The van der Waals surface area contributed by atoms with E-state index in [1.807, 2.05) is 0 Å². The highest BCUT2D eigenvalue weighted by molar-refractivity contribution is 5.42. The van der Waals surface area contributed by atoms with Crippen molar-refractivity contribution in [2.75, 3.05) is 0 Å². The first-order valence-corrected chi connectivity index (χ1v) is 4.46. The van der Waals surface area contributed by atoms with Gasteiger partial charge in [-0.1, -0.05) is 6.07 Å². The molecular formula is C10H10F3N. The number of hydrogen-bond donors (Lipinski definition) is 1. The SMILES string of the molecule is NC1CCc2c(F)ccc(C(F)F)c21. The predicted molar refractivity (Wildman–Crippen MR) is 46.6 cm³/mol. The Labute approximate surface area is 79.7 Å². The van der Waals surface area contributed by atoms with E-state index >= 15 is 0 Å². The van der Waals surface area contributed by atoms with Gasteiger partial charge in [0.2, 0.25) is 0 Å². The van der Waals surface area contributed by atoms with E-state index in [4.69, 9.17) is 5.73 Å². The molecule has 1 aliphatic rings. The van der Waals surface area contributed by atoms with E-state index in [1.54, 1.807) is 0 Å². The molecule has 0 spiro atoms. The molecule has 4 heteroatoms. The molecule has 0 saturated carbocycles. The van der Waals surface area contributed by atoms with Crippen molar-refractivity contribution >= 4 is 0 Å². The molecule has 0 radical (unpaired) electrons. The molecule has 2 N–H and O–H groups in total. The molecule has 0 aromatic heterocycles. The zero-order valence-corrected chi connectivity index (χ0v) is 7.43. The van der Waals surface area contributed by atoms with Gasteiger partial charge < -0.3 is 5.73 Å². The second-order valence-corrected chi connectivity index (χ2v) is 3.47. The first-order chi connectivity index (χ1) is 6.61. The lowest BCUT2D eigenvalue weighted by molar-refractivity contribution is 0.149. The van der Waals surface area contributed by atoms with Crippen molar-refractivity contribution in [1.29, 1.82) is 0 Å². The van der Waals surface area contributed by atoms with Crippen LogP contribution in [0.2, 0.25) is 0 Å². The van der Waals surface area contributed by atoms with Crippen LogP contribution in [0.25, 0.3) is 0 Å². The van der Waals surface area contributed by atoms with Gasteiger partial charge >= 0.3 is 0 Å². The van der Waals surface area contributed by atoms with Gasteiger partial charge in [-0.05, 0) is 30.0 Å². The first-order valence-electron chi connectivity index (χ1n) is 4.46. The summed E-state index contributed by atoms with van der Waals surface area (Å²) < 4.78 is 38.3. The van der Waals surface area contributed by atoms with E-state index < -0.39 is 18.3 Å². The van der Waals surface area contributed by atoms with Gasteiger partial charge in [-0.25, -0.2) is 13.2 Å². The number of halogens is 3. The minimum absolute atomic E-state index is 0.119. The fraction of sp³-hybridized carbons (Fsp3) is 0.400. The van der Waals surface area contributed by atoms with E-state index in [-0.39, 0.29) is 5.56 Å². The van der Waals surface area contributed by atoms with Crippen LogP contribution < -0.4 is 5.73 Å². The fourth-order valence-corrected chi connectivity index (χ4v) is 1.98. The largest absolute Gasteiger partial charge is 0.324 e. The van der Waals surface area contributed by atoms with Gasteiger partial charge in [-0.2, -0.15) is 0 Å². The van der Waals surface area contributed by atoms with E-state index in [0.29, 0.717) is 24.0 Å². The molecule has 76 valence electrons. The summed E-state index contributed by atoms with van der Waals surface area (Å²) in [5.74, 6) is -0.419. The molecule has 1 nitrogen and oxygen atoms in total. The Kier molecular flexibility index (Phi) is 2.23. The van der Waals surface area contributed by atoms with Crippen LogP contribution in [0.5, 0.6) is 0 Å². The minimum Gasteiger partial charge on any atom is -0.324 e. The van der Waals surface area contributed by atoms with Crippen molar-refractivity contribution in [2.24, 2.45) is 5.73 Å². The van der Waals surface area contributed by atoms with Crippen LogP contribution in [0.1, 0.15) is 35.6 Å². The Bertz CT molecular complexity index is 363. The van der Waals surface area contributed by atoms with Crippen LogP contribution in [0.4, 0.5) is 13.2 Å². The molecule has 1 atom stereocenters. The van der Waals surface area contributed by atoms with E-state index in [1.165, 1.54) is 0 Å². The number of alkyl halides is 2. The summed E-state index contributed by atoms with van der Waals surface area (Å²) in [6.07, 6.45) is -1.56. The van der Waals surface area contributed by atoms with Gasteiger partial charge in [0.1, 0.15) is 5.82 Å². The molecule has 0 fully saturated rings. The second kappa shape index (κ2) is 3.28. The van der Waals surface area contributed by atoms with Crippen molar-refractivity contribution < 1.29 is 13.2 Å². The molecule has 0 bridgehead atoms. The molecule has 0 amide bonds. The third-order valence-electron chi connectivity index (χ3n) is 2.64. The van der Waals surface area contributed by atoms with E-state index in [9.17, 15) is 13.2 Å². The Balaban J connectivity index is 2.60. The van der Waals surface area contributed by atoms with Gasteiger partial charge in [0.15, 0.2) is 0 Å². The number of rotatable bonds is 1. The zero-order valence-electron chi connectivity index (χ0n) is 7.43. The molecule has 2 rings (SSSR count). The Morgan fingerprint density at radius 3 is 2.71 bits per heavy atom. The molecule has 0 heterocycles. The number of hydrogen-bond acceptors (Lipinski definition) is 1. The van der Waals surface area contributed by atoms with Gasteiger partial charge in [-0.3, -0.25) is 0 Å². The first kappa shape index (κ1) is 9.52. The quantitative estimate of drug-likeness (QED) is 0.742. The van der Waals surface area contributed by atoms with Crippen LogP contribution in [0.3, 0.4) is 0 Å². The fourth-order valence-electron chi connectivity index (χ4n) is 1.98. The van der Waals surface area contributed by atoms with Gasteiger partial charge in [-0.15, -0.1) is 0 Å². The van der Waals surface area contributed by atoms with Gasteiger partial charge in [0.05, 0.1) is 0 Å². The summed E-state index contributed by atoms with van der Waals surface area (Å²) in [6.45, 7) is 0. The van der Waals surface area contributed by atoms with Crippen molar-refractivity contribution in [2.45, 2.75) is 25.3 Å². The van der Waals surface area contributed by atoms with Crippen LogP contribution in [0.15, 0.2) is 12.1 Å². The summed E-state index contributed by atoms with van der Waals surface area (Å²) in [4.78, 5) is 0. The van der Waals surface area contributed by atoms with Crippen LogP contribution in [-0.4, -0.2) is 0 Å². The molecule has 14 heavy (non-hydrogen) atoms. The second-order valence-electron chi connectivity index (χ2n) is 3.47. The summed E-state index contributed by atoms with van der Waals surface area (Å²) >= 11 is 0. The lowest BCUT2D eigenvalue weighted by Crippen LogP contribution is -2.09. The standard InChI is InChI=1S/C10H10F3N/c11-7-3-1-6(10(12)13)9-5(7)2-4-8(9)14/h1,3,8,10H,2,4,14H2. The molecule has 0 saturated heterocycles. The molecule has 1 aromatic carbocycles. The lowest BCUT2D eigenvalue weighted by Gasteiger charge is -2.11. The Morgan fingerprint density at radius 2 is 2.07 bits per heavy atom. The Hall–Kier alpha value is -1.03. The van der Waals surface area contributed by atoms with E-state index in [2.05, 4.69) is 0 Å². The third-order valence-corrected chi connectivity index (χ3v) is 2.64. The van der Waals surface area contributed by atoms with Gasteiger partial charge in [0, 0.05) is 11.6 Å².